The average molecular weight is 307 g/mol. The molecule has 0 bridgehead atoms. The molecule has 1 aliphatic heterocycles. The molecule has 1 aromatic carbocycles. The topological polar surface area (TPSA) is 58.1 Å². The quantitative estimate of drug-likeness (QED) is 0.866. The summed E-state index contributed by atoms with van der Waals surface area (Å²) in [4.78, 5) is 22.0. The van der Waals surface area contributed by atoms with Crippen LogP contribution in [-0.4, -0.2) is 21.9 Å². The standard InChI is InChI=1S/C14H12ClFN4O/c1-2-11-13(21)18-10-7-17-14(15)19-12(10)20(11)9-5-3-8(16)4-6-9/h3-7,11H,2H2,1H3,(H,18,21). The van der Waals surface area contributed by atoms with Gasteiger partial charge in [-0.3, -0.25) is 4.79 Å². The number of rotatable bonds is 2. The molecule has 0 saturated carbocycles. The molecule has 2 aromatic rings. The minimum Gasteiger partial charge on any atom is -0.320 e. The summed E-state index contributed by atoms with van der Waals surface area (Å²) < 4.78 is 13.1. The van der Waals surface area contributed by atoms with Gasteiger partial charge in [-0.1, -0.05) is 6.92 Å². The van der Waals surface area contributed by atoms with Gasteiger partial charge in [0.1, 0.15) is 17.5 Å². The lowest BCUT2D eigenvalue weighted by Crippen LogP contribution is -2.45. The predicted octanol–water partition coefficient (Wildman–Crippen LogP) is 3.14. The van der Waals surface area contributed by atoms with Crippen molar-refractivity contribution in [1.29, 1.82) is 0 Å². The molecule has 1 atom stereocenters. The molecule has 1 N–H and O–H groups in total. The van der Waals surface area contributed by atoms with E-state index in [1.54, 1.807) is 17.0 Å². The zero-order valence-corrected chi connectivity index (χ0v) is 11.9. The van der Waals surface area contributed by atoms with Gasteiger partial charge in [0, 0.05) is 5.69 Å². The van der Waals surface area contributed by atoms with Crippen LogP contribution in [0.1, 0.15) is 13.3 Å². The van der Waals surface area contributed by atoms with Crippen LogP contribution in [0.4, 0.5) is 21.6 Å². The summed E-state index contributed by atoms with van der Waals surface area (Å²) in [5.41, 5.74) is 1.16. The molecule has 21 heavy (non-hydrogen) atoms. The fourth-order valence-corrected chi connectivity index (χ4v) is 2.51. The number of nitrogens with one attached hydrogen (secondary N) is 1. The number of carbonyl (C=O) groups is 1. The lowest BCUT2D eigenvalue weighted by atomic mass is 10.1. The maximum absolute atomic E-state index is 13.1. The van der Waals surface area contributed by atoms with Gasteiger partial charge in [0.05, 0.1) is 6.20 Å². The average Bonchev–Trinajstić information content (AvgIpc) is 2.47. The first-order valence-corrected chi connectivity index (χ1v) is 6.86. The van der Waals surface area contributed by atoms with Gasteiger partial charge in [-0.05, 0) is 42.3 Å². The largest absolute Gasteiger partial charge is 0.320 e. The van der Waals surface area contributed by atoms with Crippen molar-refractivity contribution in [3.63, 3.8) is 0 Å². The number of benzene rings is 1. The molecule has 1 unspecified atom stereocenters. The van der Waals surface area contributed by atoms with E-state index in [9.17, 15) is 9.18 Å². The number of amides is 1. The van der Waals surface area contributed by atoms with Gasteiger partial charge in [-0.25, -0.2) is 9.37 Å². The van der Waals surface area contributed by atoms with E-state index in [0.29, 0.717) is 23.6 Å². The van der Waals surface area contributed by atoms with E-state index in [1.807, 2.05) is 6.92 Å². The fourth-order valence-electron chi connectivity index (χ4n) is 2.38. The zero-order valence-electron chi connectivity index (χ0n) is 11.2. The Kier molecular flexibility index (Phi) is 3.47. The molecule has 5 nitrogen and oxygen atoms in total. The van der Waals surface area contributed by atoms with Crippen molar-refractivity contribution in [2.24, 2.45) is 0 Å². The van der Waals surface area contributed by atoms with Crippen LogP contribution < -0.4 is 10.2 Å². The Hall–Kier alpha value is -2.21. The molecule has 3 rings (SSSR count). The summed E-state index contributed by atoms with van der Waals surface area (Å²) in [6, 6.07) is 5.47. The van der Waals surface area contributed by atoms with Crippen LogP contribution >= 0.6 is 11.6 Å². The monoisotopic (exact) mass is 306 g/mol. The molecule has 1 aliphatic rings. The summed E-state index contributed by atoms with van der Waals surface area (Å²) in [6.07, 6.45) is 2.04. The van der Waals surface area contributed by atoms with E-state index in [-0.39, 0.29) is 17.0 Å². The Morgan fingerprint density at radius 3 is 2.76 bits per heavy atom. The first-order chi connectivity index (χ1) is 10.1. The SMILES string of the molecule is CCC1C(=O)Nc2cnc(Cl)nc2N1c1ccc(F)cc1. The highest BCUT2D eigenvalue weighted by Crippen LogP contribution is 2.37. The maximum Gasteiger partial charge on any atom is 0.247 e. The highest BCUT2D eigenvalue weighted by molar-refractivity contribution is 6.28. The third-order valence-corrected chi connectivity index (χ3v) is 3.51. The van der Waals surface area contributed by atoms with Crippen LogP contribution in [0.25, 0.3) is 0 Å². The van der Waals surface area contributed by atoms with Crippen molar-refractivity contribution in [2.45, 2.75) is 19.4 Å². The molecular weight excluding hydrogens is 295 g/mol. The van der Waals surface area contributed by atoms with Crippen molar-refractivity contribution in [3.8, 4) is 0 Å². The van der Waals surface area contributed by atoms with E-state index in [4.69, 9.17) is 11.6 Å². The van der Waals surface area contributed by atoms with Crippen LogP contribution in [0.15, 0.2) is 30.5 Å². The summed E-state index contributed by atoms with van der Waals surface area (Å²) in [6.45, 7) is 1.90. The van der Waals surface area contributed by atoms with Gasteiger partial charge < -0.3 is 10.2 Å². The lowest BCUT2D eigenvalue weighted by Gasteiger charge is -2.36. The number of aromatic nitrogens is 2. The molecule has 0 spiro atoms. The molecule has 2 heterocycles. The Bertz CT molecular complexity index is 692. The zero-order chi connectivity index (χ0) is 15.0. The Labute approximate surface area is 125 Å². The number of hydrogen-bond acceptors (Lipinski definition) is 4. The Morgan fingerprint density at radius 2 is 2.10 bits per heavy atom. The maximum atomic E-state index is 13.1. The van der Waals surface area contributed by atoms with E-state index in [0.717, 1.165) is 0 Å². The number of fused-ring (bicyclic) bond motifs is 1. The summed E-state index contributed by atoms with van der Waals surface area (Å²) in [5, 5.41) is 2.85. The third-order valence-electron chi connectivity index (χ3n) is 3.33. The van der Waals surface area contributed by atoms with Crippen molar-refractivity contribution >= 4 is 34.7 Å². The van der Waals surface area contributed by atoms with E-state index in [2.05, 4.69) is 15.3 Å². The number of anilines is 3. The minimum absolute atomic E-state index is 0.0897. The van der Waals surface area contributed by atoms with Gasteiger partial charge >= 0.3 is 0 Å². The van der Waals surface area contributed by atoms with Gasteiger partial charge in [-0.2, -0.15) is 4.98 Å². The highest BCUT2D eigenvalue weighted by atomic mass is 35.5. The summed E-state index contributed by atoms with van der Waals surface area (Å²) >= 11 is 5.86. The highest BCUT2D eigenvalue weighted by Gasteiger charge is 2.34. The number of carbonyl (C=O) groups excluding carboxylic acids is 1. The predicted molar refractivity (Wildman–Crippen MR) is 78.3 cm³/mol. The normalized spacial score (nSPS) is 17.4. The fraction of sp³-hybridized carbons (Fsp3) is 0.214. The molecule has 0 saturated heterocycles. The van der Waals surface area contributed by atoms with Crippen molar-refractivity contribution in [3.05, 3.63) is 41.6 Å². The van der Waals surface area contributed by atoms with Crippen LogP contribution in [0.2, 0.25) is 5.28 Å². The van der Waals surface area contributed by atoms with E-state index >= 15 is 0 Å². The molecular formula is C14H12ClFN4O. The molecule has 1 aromatic heterocycles. The number of hydrogen-bond donors (Lipinski definition) is 1. The number of halogens is 2. The van der Waals surface area contributed by atoms with Gasteiger partial charge in [0.2, 0.25) is 11.2 Å². The third kappa shape index (κ3) is 2.42. The molecule has 0 fully saturated rings. The van der Waals surface area contributed by atoms with Crippen molar-refractivity contribution < 1.29 is 9.18 Å². The minimum atomic E-state index is -0.436. The van der Waals surface area contributed by atoms with Crippen LogP contribution in [0, 0.1) is 5.82 Å². The summed E-state index contributed by atoms with van der Waals surface area (Å²) in [7, 11) is 0. The Morgan fingerprint density at radius 1 is 1.38 bits per heavy atom. The summed E-state index contributed by atoms with van der Waals surface area (Å²) in [5.74, 6) is 0.0162. The van der Waals surface area contributed by atoms with Crippen LogP contribution in [0.3, 0.4) is 0 Å². The van der Waals surface area contributed by atoms with Crippen LogP contribution in [-0.2, 0) is 4.79 Å². The van der Waals surface area contributed by atoms with Crippen molar-refractivity contribution in [1.82, 2.24) is 9.97 Å². The van der Waals surface area contributed by atoms with Crippen molar-refractivity contribution in [2.75, 3.05) is 10.2 Å². The van der Waals surface area contributed by atoms with Gasteiger partial charge in [0.15, 0.2) is 5.82 Å². The second-order valence-corrected chi connectivity index (χ2v) is 4.97. The Balaban J connectivity index is 2.16. The number of nitrogens with zero attached hydrogens (tertiary/aromatic N) is 3. The smallest absolute Gasteiger partial charge is 0.247 e. The van der Waals surface area contributed by atoms with Crippen LogP contribution in [0.5, 0.6) is 0 Å². The molecule has 0 aliphatic carbocycles. The second-order valence-electron chi connectivity index (χ2n) is 4.64. The first-order valence-electron chi connectivity index (χ1n) is 6.48. The molecule has 7 heteroatoms. The second kappa shape index (κ2) is 5.29. The van der Waals surface area contributed by atoms with E-state index < -0.39 is 6.04 Å². The molecule has 108 valence electrons. The molecule has 0 radical (unpaired) electrons. The van der Waals surface area contributed by atoms with Gasteiger partial charge in [-0.15, -0.1) is 0 Å². The first kappa shape index (κ1) is 13.8. The lowest BCUT2D eigenvalue weighted by molar-refractivity contribution is -0.117. The molecule has 1 amide bonds. The van der Waals surface area contributed by atoms with Gasteiger partial charge in [0.25, 0.3) is 0 Å². The van der Waals surface area contributed by atoms with E-state index in [1.165, 1.54) is 18.3 Å².